The van der Waals surface area contributed by atoms with E-state index in [0.717, 1.165) is 14.5 Å². The quantitative estimate of drug-likeness (QED) is 0.681. The zero-order valence-electron chi connectivity index (χ0n) is 10.1. The second-order valence-electron chi connectivity index (χ2n) is 4.91. The summed E-state index contributed by atoms with van der Waals surface area (Å²) in [5.41, 5.74) is 4.39. The Morgan fingerprint density at radius 3 is 2.20 bits per heavy atom. The molecule has 1 fully saturated rings. The molecule has 0 heterocycles. The first-order valence-corrected chi connectivity index (χ1v) is 7.19. The number of aryl methyl sites for hydroxylation is 2. The van der Waals surface area contributed by atoms with Crippen molar-refractivity contribution < 1.29 is 0 Å². The fourth-order valence-electron chi connectivity index (χ4n) is 2.10. The van der Waals surface area contributed by atoms with Crippen LogP contribution in [0.25, 0.3) is 0 Å². The van der Waals surface area contributed by atoms with Crippen LogP contribution in [0.3, 0.4) is 0 Å². The van der Waals surface area contributed by atoms with Gasteiger partial charge >= 0.3 is 0 Å². The fourth-order valence-corrected chi connectivity index (χ4v) is 3.67. The summed E-state index contributed by atoms with van der Waals surface area (Å²) in [4.78, 5) is 0. The summed E-state index contributed by atoms with van der Waals surface area (Å²) in [5, 5.41) is 1.57. The predicted octanol–water partition coefficient (Wildman–Crippen LogP) is 3.72. The highest BCUT2D eigenvalue weighted by Crippen LogP contribution is 2.32. The summed E-state index contributed by atoms with van der Waals surface area (Å²) < 4.78 is 0. The number of benzene rings is 1. The van der Waals surface area contributed by atoms with E-state index in [4.69, 9.17) is 0 Å². The minimum absolute atomic E-state index is 1.03. The Hall–Kier alpha value is -0.350. The molecule has 0 aliphatic heterocycles. The lowest BCUT2D eigenvalue weighted by Crippen LogP contribution is -2.14. The van der Waals surface area contributed by atoms with E-state index in [1.54, 1.807) is 5.30 Å². The minimum atomic E-state index is 1.03. The third-order valence-electron chi connectivity index (χ3n) is 3.75. The van der Waals surface area contributed by atoms with Gasteiger partial charge in [-0.05, 0) is 54.8 Å². The molecule has 0 spiro atoms. The maximum Gasteiger partial charge on any atom is -0.0266 e. The molecule has 1 heteroatoms. The van der Waals surface area contributed by atoms with Crippen molar-refractivity contribution >= 4 is 13.9 Å². The van der Waals surface area contributed by atoms with Gasteiger partial charge in [-0.2, -0.15) is 0 Å². The molecule has 2 rings (SSSR count). The van der Waals surface area contributed by atoms with Crippen LogP contribution < -0.4 is 5.30 Å². The smallest absolute Gasteiger partial charge is 0.0266 e. The van der Waals surface area contributed by atoms with Crippen LogP contribution in [0.1, 0.15) is 36.0 Å². The van der Waals surface area contributed by atoms with Crippen LogP contribution in [0.5, 0.6) is 0 Å². The van der Waals surface area contributed by atoms with Gasteiger partial charge in [-0.15, -0.1) is 0 Å². The summed E-state index contributed by atoms with van der Waals surface area (Å²) >= 11 is 0. The van der Waals surface area contributed by atoms with Crippen molar-refractivity contribution in [3.63, 3.8) is 0 Å². The molecule has 0 aromatic heterocycles. The largest absolute Gasteiger partial charge is 0.0901 e. The maximum atomic E-state index is 2.39. The van der Waals surface area contributed by atoms with Crippen molar-refractivity contribution in [1.29, 1.82) is 0 Å². The lowest BCUT2D eigenvalue weighted by Gasteiger charge is -2.25. The summed E-state index contributed by atoms with van der Waals surface area (Å²) in [6, 6.07) is 4.78. The second kappa shape index (κ2) is 4.66. The highest BCUT2D eigenvalue weighted by atomic mass is 31.1. The molecule has 1 aliphatic carbocycles. The van der Waals surface area contributed by atoms with Gasteiger partial charge in [0.1, 0.15) is 0 Å². The van der Waals surface area contributed by atoms with Gasteiger partial charge in [-0.3, -0.25) is 0 Å². The van der Waals surface area contributed by atoms with E-state index in [1.807, 2.05) is 0 Å². The van der Waals surface area contributed by atoms with Gasteiger partial charge in [0.15, 0.2) is 0 Å². The molecule has 82 valence electrons. The van der Waals surface area contributed by atoms with E-state index in [-0.39, 0.29) is 0 Å². The predicted molar refractivity (Wildman–Crippen MR) is 70.8 cm³/mol. The van der Waals surface area contributed by atoms with E-state index in [1.165, 1.54) is 42.1 Å². The van der Waals surface area contributed by atoms with Gasteiger partial charge in [-0.1, -0.05) is 40.0 Å². The molecule has 1 atom stereocenters. The van der Waals surface area contributed by atoms with Crippen LogP contribution in [0.15, 0.2) is 12.1 Å². The van der Waals surface area contributed by atoms with E-state index in [9.17, 15) is 0 Å². The van der Waals surface area contributed by atoms with E-state index in [0.29, 0.717) is 0 Å². The Morgan fingerprint density at radius 1 is 1.13 bits per heavy atom. The normalized spacial score (nSPS) is 17.3. The van der Waals surface area contributed by atoms with Gasteiger partial charge in [-0.25, -0.2) is 0 Å². The van der Waals surface area contributed by atoms with Crippen LogP contribution in [0, 0.1) is 26.7 Å². The first kappa shape index (κ1) is 11.1. The van der Waals surface area contributed by atoms with Crippen LogP contribution in [0.4, 0.5) is 0 Å². The Bertz CT molecular complexity index is 327. The monoisotopic (exact) mass is 220 g/mol. The average Bonchev–Trinajstić information content (AvgIpc) is 2.11. The maximum absolute atomic E-state index is 2.39. The van der Waals surface area contributed by atoms with E-state index >= 15 is 0 Å². The SMILES string of the molecule is Cc1cc(PCC2CCC2)cc(C)c1C. The van der Waals surface area contributed by atoms with E-state index in [2.05, 4.69) is 32.9 Å². The molecular formula is C14H21P. The molecule has 1 saturated carbocycles. The third kappa shape index (κ3) is 2.61. The Morgan fingerprint density at radius 2 is 1.73 bits per heavy atom. The van der Waals surface area contributed by atoms with Crippen molar-refractivity contribution in [1.82, 2.24) is 0 Å². The second-order valence-corrected chi connectivity index (χ2v) is 6.25. The summed E-state index contributed by atoms with van der Waals surface area (Å²) in [6.07, 6.45) is 5.87. The van der Waals surface area contributed by atoms with Crippen molar-refractivity contribution in [2.45, 2.75) is 40.0 Å². The Labute approximate surface area is 95.3 Å². The van der Waals surface area contributed by atoms with Crippen molar-refractivity contribution in [2.24, 2.45) is 5.92 Å². The summed E-state index contributed by atoms with van der Waals surface area (Å²) in [5.74, 6) is 1.05. The zero-order chi connectivity index (χ0) is 10.8. The van der Waals surface area contributed by atoms with Gasteiger partial charge in [0, 0.05) is 0 Å². The van der Waals surface area contributed by atoms with E-state index < -0.39 is 0 Å². The Kier molecular flexibility index (Phi) is 3.46. The molecule has 1 unspecified atom stereocenters. The standard InChI is InChI=1S/C14H21P/c1-10-7-14(8-11(2)12(10)3)15-9-13-5-4-6-13/h7-8,13,15H,4-6,9H2,1-3H3. The molecule has 15 heavy (non-hydrogen) atoms. The molecular weight excluding hydrogens is 199 g/mol. The fraction of sp³-hybridized carbons (Fsp3) is 0.571. The summed E-state index contributed by atoms with van der Waals surface area (Å²) in [7, 11) is 1.03. The number of hydrogen-bond donors (Lipinski definition) is 0. The molecule has 1 aromatic rings. The lowest BCUT2D eigenvalue weighted by molar-refractivity contribution is 0.352. The molecule has 1 aromatic carbocycles. The highest BCUT2D eigenvalue weighted by molar-refractivity contribution is 7.47. The van der Waals surface area contributed by atoms with Gasteiger partial charge in [0.05, 0.1) is 0 Å². The molecule has 0 amide bonds. The average molecular weight is 220 g/mol. The van der Waals surface area contributed by atoms with Gasteiger partial charge in [0.25, 0.3) is 0 Å². The van der Waals surface area contributed by atoms with Crippen molar-refractivity contribution in [2.75, 3.05) is 6.16 Å². The Balaban J connectivity index is 2.01. The lowest BCUT2D eigenvalue weighted by atomic mass is 9.87. The topological polar surface area (TPSA) is 0 Å². The molecule has 1 aliphatic rings. The van der Waals surface area contributed by atoms with Crippen LogP contribution in [-0.2, 0) is 0 Å². The first-order valence-electron chi connectivity index (χ1n) is 5.98. The number of rotatable bonds is 3. The number of hydrogen-bond acceptors (Lipinski definition) is 0. The molecule has 0 saturated heterocycles. The minimum Gasteiger partial charge on any atom is -0.0901 e. The zero-order valence-corrected chi connectivity index (χ0v) is 11.1. The molecule has 0 nitrogen and oxygen atoms in total. The van der Waals surface area contributed by atoms with Crippen molar-refractivity contribution in [3.8, 4) is 0 Å². The first-order chi connectivity index (χ1) is 7.16. The molecule has 0 bridgehead atoms. The van der Waals surface area contributed by atoms with Gasteiger partial charge in [0.2, 0.25) is 0 Å². The third-order valence-corrected chi connectivity index (χ3v) is 5.23. The molecule has 0 N–H and O–H groups in total. The molecule has 0 radical (unpaired) electrons. The van der Waals surface area contributed by atoms with Crippen molar-refractivity contribution in [3.05, 3.63) is 28.8 Å². The summed E-state index contributed by atoms with van der Waals surface area (Å²) in [6.45, 7) is 6.70. The highest BCUT2D eigenvalue weighted by Gasteiger charge is 2.16. The van der Waals surface area contributed by atoms with Crippen LogP contribution >= 0.6 is 8.58 Å². The van der Waals surface area contributed by atoms with Gasteiger partial charge < -0.3 is 0 Å². The van der Waals surface area contributed by atoms with Crippen LogP contribution in [0.2, 0.25) is 0 Å². The van der Waals surface area contributed by atoms with Crippen LogP contribution in [-0.4, -0.2) is 6.16 Å².